The molecule has 3 heteroatoms. The van der Waals surface area contributed by atoms with Crippen molar-refractivity contribution in [1.29, 1.82) is 0 Å². The predicted molar refractivity (Wildman–Crippen MR) is 71.9 cm³/mol. The highest BCUT2D eigenvalue weighted by molar-refractivity contribution is 5.48. The smallest absolute Gasteiger partial charge is 0.125 e. The number of rotatable bonds is 6. The van der Waals surface area contributed by atoms with Gasteiger partial charge in [-0.25, -0.2) is 4.39 Å². The molecule has 1 rings (SSSR count). The van der Waals surface area contributed by atoms with Crippen LogP contribution in [0.25, 0.3) is 0 Å². The first-order valence-corrected chi connectivity index (χ1v) is 6.24. The van der Waals surface area contributed by atoms with Crippen molar-refractivity contribution in [3.63, 3.8) is 0 Å². The Hall–Kier alpha value is -1.09. The highest BCUT2D eigenvalue weighted by atomic mass is 19.1. The molecule has 0 saturated carbocycles. The Bertz CT molecular complexity index is 350. The Morgan fingerprint density at radius 1 is 1.29 bits per heavy atom. The first-order valence-electron chi connectivity index (χ1n) is 6.24. The molecular formula is C14H23FN2. The molecule has 0 bridgehead atoms. The lowest BCUT2D eigenvalue weighted by Crippen LogP contribution is -2.23. The molecule has 0 amide bonds. The second-order valence-corrected chi connectivity index (χ2v) is 4.87. The standard InChI is InChI=1S/C14H23FN2/c1-5-16-9-12-6-13(15)8-14(7-12)17(4)10-11(2)3/h6-8,11,16H,5,9-10H2,1-4H3. The van der Waals surface area contributed by atoms with E-state index in [0.29, 0.717) is 5.92 Å². The van der Waals surface area contributed by atoms with Gasteiger partial charge in [0, 0.05) is 25.8 Å². The quantitative estimate of drug-likeness (QED) is 0.819. The maximum Gasteiger partial charge on any atom is 0.125 e. The number of hydrogen-bond donors (Lipinski definition) is 1. The molecule has 0 unspecified atom stereocenters. The number of nitrogens with zero attached hydrogens (tertiary/aromatic N) is 1. The summed E-state index contributed by atoms with van der Waals surface area (Å²) < 4.78 is 13.5. The van der Waals surface area contributed by atoms with Gasteiger partial charge in [-0.3, -0.25) is 0 Å². The topological polar surface area (TPSA) is 15.3 Å². The van der Waals surface area contributed by atoms with Gasteiger partial charge in [0.1, 0.15) is 5.82 Å². The van der Waals surface area contributed by atoms with E-state index in [1.807, 2.05) is 20.0 Å². The van der Waals surface area contributed by atoms with E-state index in [-0.39, 0.29) is 5.82 Å². The highest BCUT2D eigenvalue weighted by Crippen LogP contribution is 2.18. The molecule has 0 heterocycles. The van der Waals surface area contributed by atoms with Crippen LogP contribution in [-0.4, -0.2) is 20.1 Å². The number of nitrogens with one attached hydrogen (secondary N) is 1. The Morgan fingerprint density at radius 2 is 2.00 bits per heavy atom. The molecule has 1 aromatic rings. The summed E-state index contributed by atoms with van der Waals surface area (Å²) in [6, 6.07) is 5.24. The summed E-state index contributed by atoms with van der Waals surface area (Å²) in [5.74, 6) is 0.409. The Balaban J connectivity index is 2.80. The van der Waals surface area contributed by atoms with Crippen LogP contribution in [0.2, 0.25) is 0 Å². The minimum Gasteiger partial charge on any atom is -0.374 e. The van der Waals surface area contributed by atoms with Crippen molar-refractivity contribution in [3.05, 3.63) is 29.6 Å². The molecule has 0 saturated heterocycles. The molecular weight excluding hydrogens is 215 g/mol. The van der Waals surface area contributed by atoms with Gasteiger partial charge in [0.05, 0.1) is 0 Å². The lowest BCUT2D eigenvalue weighted by molar-refractivity contribution is 0.614. The number of anilines is 1. The lowest BCUT2D eigenvalue weighted by atomic mass is 10.1. The molecule has 0 atom stereocenters. The van der Waals surface area contributed by atoms with Crippen molar-refractivity contribution < 1.29 is 4.39 Å². The van der Waals surface area contributed by atoms with E-state index in [2.05, 4.69) is 24.1 Å². The first-order chi connectivity index (χ1) is 8.02. The number of benzene rings is 1. The van der Waals surface area contributed by atoms with Crippen molar-refractivity contribution in [3.8, 4) is 0 Å². The van der Waals surface area contributed by atoms with E-state index in [4.69, 9.17) is 0 Å². The lowest BCUT2D eigenvalue weighted by Gasteiger charge is -2.22. The van der Waals surface area contributed by atoms with Crippen LogP contribution in [-0.2, 0) is 6.54 Å². The largest absolute Gasteiger partial charge is 0.374 e. The van der Waals surface area contributed by atoms with E-state index < -0.39 is 0 Å². The van der Waals surface area contributed by atoms with Crippen LogP contribution in [0.4, 0.5) is 10.1 Å². The van der Waals surface area contributed by atoms with Crippen molar-refractivity contribution in [1.82, 2.24) is 5.32 Å². The normalized spacial score (nSPS) is 10.9. The highest BCUT2D eigenvalue weighted by Gasteiger charge is 2.06. The summed E-state index contributed by atoms with van der Waals surface area (Å²) in [6.07, 6.45) is 0. The average molecular weight is 238 g/mol. The molecule has 0 aliphatic heterocycles. The second kappa shape index (κ2) is 6.60. The van der Waals surface area contributed by atoms with Crippen LogP contribution >= 0.6 is 0 Å². The maximum atomic E-state index is 13.5. The molecule has 0 aliphatic rings. The molecule has 1 aromatic carbocycles. The van der Waals surface area contributed by atoms with Gasteiger partial charge in [0.2, 0.25) is 0 Å². The fourth-order valence-corrected chi connectivity index (χ4v) is 1.88. The molecule has 0 aliphatic carbocycles. The van der Waals surface area contributed by atoms with Crippen LogP contribution in [0.1, 0.15) is 26.3 Å². The number of hydrogen-bond acceptors (Lipinski definition) is 2. The summed E-state index contributed by atoms with van der Waals surface area (Å²) in [5.41, 5.74) is 1.95. The molecule has 0 fully saturated rings. The van der Waals surface area contributed by atoms with Gasteiger partial charge in [0.25, 0.3) is 0 Å². The minimum absolute atomic E-state index is 0.161. The van der Waals surface area contributed by atoms with Crippen LogP contribution in [0.15, 0.2) is 18.2 Å². The van der Waals surface area contributed by atoms with Gasteiger partial charge in [-0.05, 0) is 36.2 Å². The maximum absolute atomic E-state index is 13.5. The summed E-state index contributed by atoms with van der Waals surface area (Å²) >= 11 is 0. The van der Waals surface area contributed by atoms with Gasteiger partial charge in [0.15, 0.2) is 0 Å². The van der Waals surface area contributed by atoms with E-state index in [1.165, 1.54) is 0 Å². The van der Waals surface area contributed by atoms with E-state index in [0.717, 1.165) is 30.9 Å². The van der Waals surface area contributed by atoms with Crippen LogP contribution in [0.5, 0.6) is 0 Å². The van der Waals surface area contributed by atoms with Crippen molar-refractivity contribution in [2.45, 2.75) is 27.3 Å². The van der Waals surface area contributed by atoms with Gasteiger partial charge < -0.3 is 10.2 Å². The predicted octanol–water partition coefficient (Wildman–Crippen LogP) is 3.03. The summed E-state index contributed by atoms with van der Waals surface area (Å²) in [7, 11) is 2.01. The van der Waals surface area contributed by atoms with E-state index in [9.17, 15) is 4.39 Å². The monoisotopic (exact) mass is 238 g/mol. The van der Waals surface area contributed by atoms with Crippen molar-refractivity contribution in [2.24, 2.45) is 5.92 Å². The fourth-order valence-electron chi connectivity index (χ4n) is 1.88. The molecule has 2 nitrogen and oxygen atoms in total. The molecule has 0 radical (unpaired) electrons. The first kappa shape index (κ1) is 14.0. The zero-order valence-electron chi connectivity index (χ0n) is 11.3. The van der Waals surface area contributed by atoms with Crippen LogP contribution < -0.4 is 10.2 Å². The SMILES string of the molecule is CCNCc1cc(F)cc(N(C)CC(C)C)c1. The molecule has 0 aromatic heterocycles. The molecule has 17 heavy (non-hydrogen) atoms. The van der Waals surface area contributed by atoms with Crippen LogP contribution in [0.3, 0.4) is 0 Å². The Labute approximate surface area is 104 Å². The Kier molecular flexibility index (Phi) is 5.42. The van der Waals surface area contributed by atoms with Gasteiger partial charge in [-0.15, -0.1) is 0 Å². The van der Waals surface area contributed by atoms with Gasteiger partial charge >= 0.3 is 0 Å². The Morgan fingerprint density at radius 3 is 2.59 bits per heavy atom. The van der Waals surface area contributed by atoms with E-state index >= 15 is 0 Å². The van der Waals surface area contributed by atoms with Crippen molar-refractivity contribution >= 4 is 5.69 Å². The third-order valence-electron chi connectivity index (χ3n) is 2.60. The zero-order valence-corrected chi connectivity index (χ0v) is 11.3. The molecule has 0 spiro atoms. The zero-order chi connectivity index (χ0) is 12.8. The van der Waals surface area contributed by atoms with E-state index in [1.54, 1.807) is 12.1 Å². The van der Waals surface area contributed by atoms with Gasteiger partial charge in [-0.1, -0.05) is 20.8 Å². The summed E-state index contributed by atoms with van der Waals surface area (Å²) in [4.78, 5) is 2.10. The third kappa shape index (κ3) is 4.73. The van der Waals surface area contributed by atoms with Crippen molar-refractivity contribution in [2.75, 3.05) is 25.0 Å². The molecule has 96 valence electrons. The average Bonchev–Trinajstić information content (AvgIpc) is 2.24. The fraction of sp³-hybridized carbons (Fsp3) is 0.571. The summed E-state index contributed by atoms with van der Waals surface area (Å²) in [5, 5.41) is 3.21. The minimum atomic E-state index is -0.161. The third-order valence-corrected chi connectivity index (χ3v) is 2.60. The van der Waals surface area contributed by atoms with Crippen LogP contribution in [0, 0.1) is 11.7 Å². The molecule has 1 N–H and O–H groups in total. The second-order valence-electron chi connectivity index (χ2n) is 4.87. The van der Waals surface area contributed by atoms with Gasteiger partial charge in [-0.2, -0.15) is 0 Å². The summed E-state index contributed by atoms with van der Waals surface area (Å²) in [6.45, 7) is 8.92. The number of halogens is 1.